The van der Waals surface area contributed by atoms with Crippen LogP contribution in [0.2, 0.25) is 5.02 Å². The first-order valence-electron chi connectivity index (χ1n) is 3.23. The van der Waals surface area contributed by atoms with Crippen LogP contribution >= 0.6 is 11.6 Å². The van der Waals surface area contributed by atoms with Crippen LogP contribution in [0.25, 0.3) is 0 Å². The second-order valence-corrected chi connectivity index (χ2v) is 2.60. The van der Waals surface area contributed by atoms with Crippen molar-refractivity contribution in [1.29, 1.82) is 0 Å². The van der Waals surface area contributed by atoms with Crippen LogP contribution in [0.1, 0.15) is 0 Å². The Bertz CT molecular complexity index is 333. The van der Waals surface area contributed by atoms with E-state index in [2.05, 4.69) is 4.74 Å². The molecule has 0 aliphatic carbocycles. The number of hydrogen-bond acceptors (Lipinski definition) is 3. The van der Waals surface area contributed by atoms with E-state index in [0.717, 1.165) is 6.07 Å². The fourth-order valence-corrected chi connectivity index (χ4v) is 1.10. The molecule has 0 unspecified atom stereocenters. The lowest BCUT2D eigenvalue weighted by molar-refractivity contribution is -0.387. The fourth-order valence-electron chi connectivity index (χ4n) is 0.835. The minimum Gasteiger partial charge on any atom is -0.497 e. The SMILES string of the molecule is COc1cc(F)c([N+](=O)[O-])c(Cl)c1. The van der Waals surface area contributed by atoms with E-state index in [1.807, 2.05) is 0 Å². The zero-order valence-corrected chi connectivity index (χ0v) is 7.34. The van der Waals surface area contributed by atoms with E-state index >= 15 is 0 Å². The van der Waals surface area contributed by atoms with Gasteiger partial charge in [-0.25, -0.2) is 0 Å². The second-order valence-electron chi connectivity index (χ2n) is 2.20. The summed E-state index contributed by atoms with van der Waals surface area (Å²) >= 11 is 5.45. The number of ether oxygens (including phenoxy) is 1. The maximum Gasteiger partial charge on any atom is 0.323 e. The van der Waals surface area contributed by atoms with Gasteiger partial charge in [-0.1, -0.05) is 11.6 Å². The van der Waals surface area contributed by atoms with Crippen molar-refractivity contribution in [1.82, 2.24) is 0 Å². The van der Waals surface area contributed by atoms with Crippen LogP contribution in [0.5, 0.6) is 5.75 Å². The van der Waals surface area contributed by atoms with Crippen molar-refractivity contribution in [3.8, 4) is 5.75 Å². The van der Waals surface area contributed by atoms with E-state index in [0.29, 0.717) is 0 Å². The van der Waals surface area contributed by atoms with E-state index in [1.54, 1.807) is 0 Å². The third-order valence-corrected chi connectivity index (χ3v) is 1.70. The van der Waals surface area contributed by atoms with Gasteiger partial charge in [0.2, 0.25) is 5.82 Å². The van der Waals surface area contributed by atoms with Crippen molar-refractivity contribution >= 4 is 17.3 Å². The highest BCUT2D eigenvalue weighted by Gasteiger charge is 2.20. The molecule has 4 nitrogen and oxygen atoms in total. The van der Waals surface area contributed by atoms with Gasteiger partial charge in [-0.2, -0.15) is 4.39 Å². The molecule has 0 radical (unpaired) electrons. The van der Waals surface area contributed by atoms with Crippen LogP contribution in [-0.4, -0.2) is 12.0 Å². The van der Waals surface area contributed by atoms with Gasteiger partial charge in [-0.05, 0) is 0 Å². The summed E-state index contributed by atoms with van der Waals surface area (Å²) in [5, 5.41) is 10.0. The Morgan fingerprint density at radius 2 is 2.23 bits per heavy atom. The smallest absolute Gasteiger partial charge is 0.323 e. The molecule has 1 aromatic rings. The number of nitro groups is 1. The Morgan fingerprint density at radius 1 is 1.62 bits per heavy atom. The summed E-state index contributed by atoms with van der Waals surface area (Å²) in [6.07, 6.45) is 0. The molecule has 0 N–H and O–H groups in total. The summed E-state index contributed by atoms with van der Waals surface area (Å²) in [6, 6.07) is 2.09. The molecule has 0 atom stereocenters. The molecule has 1 rings (SSSR count). The van der Waals surface area contributed by atoms with E-state index in [9.17, 15) is 14.5 Å². The summed E-state index contributed by atoms with van der Waals surface area (Å²) in [4.78, 5) is 9.40. The zero-order chi connectivity index (χ0) is 10.0. The molecular weight excluding hydrogens is 201 g/mol. The molecule has 0 fully saturated rings. The monoisotopic (exact) mass is 205 g/mol. The number of halogens is 2. The zero-order valence-electron chi connectivity index (χ0n) is 6.58. The molecule has 0 saturated heterocycles. The Labute approximate surface area is 78.0 Å². The predicted octanol–water partition coefficient (Wildman–Crippen LogP) is 2.40. The largest absolute Gasteiger partial charge is 0.497 e. The van der Waals surface area contributed by atoms with Crippen molar-refractivity contribution in [3.05, 3.63) is 33.1 Å². The van der Waals surface area contributed by atoms with Gasteiger partial charge in [0.1, 0.15) is 10.8 Å². The topological polar surface area (TPSA) is 52.4 Å². The van der Waals surface area contributed by atoms with E-state index in [-0.39, 0.29) is 10.8 Å². The molecule has 13 heavy (non-hydrogen) atoms. The first-order chi connectivity index (χ1) is 6.06. The summed E-state index contributed by atoms with van der Waals surface area (Å²) < 4.78 is 17.6. The van der Waals surface area contributed by atoms with E-state index in [4.69, 9.17) is 11.6 Å². The third kappa shape index (κ3) is 1.86. The van der Waals surface area contributed by atoms with Gasteiger partial charge in [-0.15, -0.1) is 0 Å². The maximum absolute atomic E-state index is 12.9. The van der Waals surface area contributed by atoms with Gasteiger partial charge in [0.15, 0.2) is 0 Å². The lowest BCUT2D eigenvalue weighted by Crippen LogP contribution is -1.94. The lowest BCUT2D eigenvalue weighted by atomic mass is 10.3. The molecule has 0 aromatic heterocycles. The maximum atomic E-state index is 12.9. The molecule has 1 aromatic carbocycles. The molecule has 0 heterocycles. The molecule has 0 bridgehead atoms. The molecule has 6 heteroatoms. The van der Waals surface area contributed by atoms with Gasteiger partial charge >= 0.3 is 5.69 Å². The molecule has 0 aliphatic heterocycles. The van der Waals surface area contributed by atoms with Crippen LogP contribution in [0, 0.1) is 15.9 Å². The average Bonchev–Trinajstić information content (AvgIpc) is 2.02. The van der Waals surface area contributed by atoms with Gasteiger partial charge in [0, 0.05) is 12.1 Å². The van der Waals surface area contributed by atoms with Crippen LogP contribution < -0.4 is 4.74 Å². The Balaban J connectivity index is 3.31. The first-order valence-corrected chi connectivity index (χ1v) is 3.61. The summed E-state index contributed by atoms with van der Waals surface area (Å²) in [6.45, 7) is 0. The number of benzene rings is 1. The van der Waals surface area contributed by atoms with Crippen LogP contribution in [0.3, 0.4) is 0 Å². The van der Waals surface area contributed by atoms with Gasteiger partial charge in [0.25, 0.3) is 0 Å². The Morgan fingerprint density at radius 3 is 2.62 bits per heavy atom. The van der Waals surface area contributed by atoms with Crippen molar-refractivity contribution in [2.24, 2.45) is 0 Å². The average molecular weight is 206 g/mol. The summed E-state index contributed by atoms with van der Waals surface area (Å²) in [7, 11) is 1.32. The summed E-state index contributed by atoms with van der Waals surface area (Å²) in [5.41, 5.74) is -0.734. The molecule has 0 saturated carbocycles. The van der Waals surface area contributed by atoms with Crippen LogP contribution in [-0.2, 0) is 0 Å². The second kappa shape index (κ2) is 3.57. The summed E-state index contributed by atoms with van der Waals surface area (Å²) in [5.74, 6) is -0.859. The number of methoxy groups -OCH3 is 1. The molecule has 0 spiro atoms. The Hall–Kier alpha value is -1.36. The van der Waals surface area contributed by atoms with Crippen molar-refractivity contribution in [2.45, 2.75) is 0 Å². The highest BCUT2D eigenvalue weighted by molar-refractivity contribution is 6.32. The normalized spacial score (nSPS) is 9.77. The quantitative estimate of drug-likeness (QED) is 0.550. The molecule has 0 aliphatic rings. The Kier molecular flexibility index (Phi) is 2.67. The minimum atomic E-state index is -1.01. The van der Waals surface area contributed by atoms with Gasteiger partial charge in [-0.3, -0.25) is 10.1 Å². The minimum absolute atomic E-state index is 0.146. The fraction of sp³-hybridized carbons (Fsp3) is 0.143. The standard InChI is InChI=1S/C7H5ClFNO3/c1-13-4-2-5(8)7(10(11)12)6(9)3-4/h2-3H,1H3. The van der Waals surface area contributed by atoms with E-state index < -0.39 is 16.4 Å². The van der Waals surface area contributed by atoms with Crippen LogP contribution in [0.4, 0.5) is 10.1 Å². The highest BCUT2D eigenvalue weighted by Crippen LogP contribution is 2.31. The molecule has 0 amide bonds. The predicted molar refractivity (Wildman–Crippen MR) is 44.6 cm³/mol. The van der Waals surface area contributed by atoms with Crippen molar-refractivity contribution in [2.75, 3.05) is 7.11 Å². The highest BCUT2D eigenvalue weighted by atomic mass is 35.5. The first kappa shape index (κ1) is 9.73. The number of nitro benzene ring substituents is 1. The van der Waals surface area contributed by atoms with Gasteiger partial charge < -0.3 is 4.74 Å². The third-order valence-electron chi connectivity index (χ3n) is 1.41. The van der Waals surface area contributed by atoms with E-state index in [1.165, 1.54) is 13.2 Å². The molecular formula is C7H5ClFNO3. The molecule has 70 valence electrons. The number of nitrogens with zero attached hydrogens (tertiary/aromatic N) is 1. The van der Waals surface area contributed by atoms with Gasteiger partial charge in [0.05, 0.1) is 12.0 Å². The van der Waals surface area contributed by atoms with Crippen molar-refractivity contribution in [3.63, 3.8) is 0 Å². The number of hydrogen-bond donors (Lipinski definition) is 0. The lowest BCUT2D eigenvalue weighted by Gasteiger charge is -2.01. The number of rotatable bonds is 2. The van der Waals surface area contributed by atoms with Crippen molar-refractivity contribution < 1.29 is 14.1 Å². The van der Waals surface area contributed by atoms with Crippen LogP contribution in [0.15, 0.2) is 12.1 Å².